The lowest BCUT2D eigenvalue weighted by molar-refractivity contribution is -0.130. The molecule has 0 aromatic rings. The molecule has 2 N–H and O–H groups in total. The van der Waals surface area contributed by atoms with E-state index in [1.54, 1.807) is 0 Å². The van der Waals surface area contributed by atoms with Gasteiger partial charge in [0.15, 0.2) is 0 Å². The maximum atomic E-state index is 11.8. The average Bonchev–Trinajstić information content (AvgIpc) is 2.41. The van der Waals surface area contributed by atoms with Crippen LogP contribution in [0.2, 0.25) is 0 Å². The summed E-state index contributed by atoms with van der Waals surface area (Å²) in [6.07, 6.45) is 3.44. The zero-order chi connectivity index (χ0) is 15.8. The molecule has 0 fully saturated rings. The van der Waals surface area contributed by atoms with E-state index in [4.69, 9.17) is 0 Å². The summed E-state index contributed by atoms with van der Waals surface area (Å²) in [7, 11) is 0. The van der Waals surface area contributed by atoms with Crippen molar-refractivity contribution in [2.45, 2.75) is 67.2 Å². The van der Waals surface area contributed by atoms with Gasteiger partial charge in [-0.25, -0.2) is 0 Å². The van der Waals surface area contributed by atoms with Gasteiger partial charge in [-0.05, 0) is 25.7 Å². The molecule has 0 aliphatic carbocycles. The van der Waals surface area contributed by atoms with E-state index in [9.17, 15) is 9.59 Å². The van der Waals surface area contributed by atoms with Crippen molar-refractivity contribution in [3.63, 3.8) is 0 Å². The summed E-state index contributed by atoms with van der Waals surface area (Å²) in [6.45, 7) is 13.2. The van der Waals surface area contributed by atoms with Gasteiger partial charge in [0.25, 0.3) is 0 Å². The summed E-state index contributed by atoms with van der Waals surface area (Å²) in [5.41, 5.74) is -0.585. The van der Waals surface area contributed by atoms with E-state index < -0.39 is 0 Å². The first-order valence-electron chi connectivity index (χ1n) is 7.74. The molecular formula is C16H32N2O2. The van der Waals surface area contributed by atoms with Gasteiger partial charge in [-0.2, -0.15) is 0 Å². The number of carbonyl (C=O) groups is 2. The molecule has 4 nitrogen and oxygen atoms in total. The van der Waals surface area contributed by atoms with Gasteiger partial charge in [0.2, 0.25) is 11.8 Å². The van der Waals surface area contributed by atoms with Crippen molar-refractivity contribution in [2.75, 3.05) is 13.1 Å². The molecule has 0 unspecified atom stereocenters. The first-order valence-corrected chi connectivity index (χ1v) is 7.74. The normalized spacial score (nSPS) is 12.1. The van der Waals surface area contributed by atoms with Crippen LogP contribution in [0.15, 0.2) is 0 Å². The minimum atomic E-state index is -0.292. The van der Waals surface area contributed by atoms with Crippen LogP contribution in [-0.2, 0) is 9.59 Å². The van der Waals surface area contributed by atoms with Gasteiger partial charge >= 0.3 is 0 Å². The van der Waals surface area contributed by atoms with Gasteiger partial charge in [0.05, 0.1) is 0 Å². The van der Waals surface area contributed by atoms with Crippen molar-refractivity contribution in [2.24, 2.45) is 10.8 Å². The van der Waals surface area contributed by atoms with Gasteiger partial charge in [0, 0.05) is 23.9 Å². The molecule has 0 radical (unpaired) electrons. The number of hydrogen-bond acceptors (Lipinski definition) is 2. The Bertz CT molecular complexity index is 290. The fraction of sp³-hybridized carbons (Fsp3) is 0.875. The molecule has 4 heteroatoms. The largest absolute Gasteiger partial charge is 0.356 e. The van der Waals surface area contributed by atoms with Crippen molar-refractivity contribution in [1.29, 1.82) is 0 Å². The van der Waals surface area contributed by atoms with E-state index in [0.717, 1.165) is 25.7 Å². The van der Waals surface area contributed by atoms with Gasteiger partial charge in [-0.3, -0.25) is 9.59 Å². The Hall–Kier alpha value is -1.06. The number of carbonyl (C=O) groups excluding carboxylic acids is 2. The maximum absolute atomic E-state index is 11.8. The number of unbranched alkanes of at least 4 members (excludes halogenated alkanes) is 1. The zero-order valence-corrected chi connectivity index (χ0v) is 14.1. The summed E-state index contributed by atoms with van der Waals surface area (Å²) in [6, 6.07) is 0. The summed E-state index contributed by atoms with van der Waals surface area (Å²) in [4.78, 5) is 23.7. The Kier molecular flexibility index (Phi) is 7.84. The SMILES string of the molecule is CCC(C)(C)C(=O)NCCCCNC(=O)C(C)(C)CC. The smallest absolute Gasteiger partial charge is 0.225 e. The topological polar surface area (TPSA) is 58.2 Å². The van der Waals surface area contributed by atoms with Crippen molar-refractivity contribution >= 4 is 11.8 Å². The number of amides is 2. The molecular weight excluding hydrogens is 252 g/mol. The third-order valence-electron chi connectivity index (χ3n) is 4.17. The van der Waals surface area contributed by atoms with Crippen molar-refractivity contribution in [3.8, 4) is 0 Å². The van der Waals surface area contributed by atoms with Crippen LogP contribution in [-0.4, -0.2) is 24.9 Å². The molecule has 0 aromatic carbocycles. The highest BCUT2D eigenvalue weighted by Crippen LogP contribution is 2.20. The van der Waals surface area contributed by atoms with E-state index in [2.05, 4.69) is 10.6 Å². The highest BCUT2D eigenvalue weighted by molar-refractivity contribution is 5.82. The van der Waals surface area contributed by atoms with E-state index in [-0.39, 0.29) is 22.6 Å². The van der Waals surface area contributed by atoms with Crippen LogP contribution in [0, 0.1) is 10.8 Å². The van der Waals surface area contributed by atoms with Crippen molar-refractivity contribution < 1.29 is 9.59 Å². The second-order valence-corrected chi connectivity index (χ2v) is 6.69. The fourth-order valence-corrected chi connectivity index (χ4v) is 1.45. The van der Waals surface area contributed by atoms with Crippen LogP contribution in [0.25, 0.3) is 0 Å². The molecule has 2 amide bonds. The predicted octanol–water partition coefficient (Wildman–Crippen LogP) is 2.87. The summed E-state index contributed by atoms with van der Waals surface area (Å²) in [5, 5.41) is 5.90. The minimum absolute atomic E-state index is 0.108. The lowest BCUT2D eigenvalue weighted by Crippen LogP contribution is -2.38. The highest BCUT2D eigenvalue weighted by Gasteiger charge is 2.25. The van der Waals surface area contributed by atoms with E-state index >= 15 is 0 Å². The van der Waals surface area contributed by atoms with Gasteiger partial charge in [-0.1, -0.05) is 41.5 Å². The molecule has 0 spiro atoms. The molecule has 20 heavy (non-hydrogen) atoms. The molecule has 0 aliphatic rings. The molecule has 0 aliphatic heterocycles. The number of hydrogen-bond donors (Lipinski definition) is 2. The molecule has 0 rings (SSSR count). The molecule has 0 saturated heterocycles. The molecule has 0 saturated carbocycles. The summed E-state index contributed by atoms with van der Waals surface area (Å²) < 4.78 is 0. The fourth-order valence-electron chi connectivity index (χ4n) is 1.45. The van der Waals surface area contributed by atoms with Gasteiger partial charge < -0.3 is 10.6 Å². The first kappa shape index (κ1) is 18.9. The van der Waals surface area contributed by atoms with E-state index in [0.29, 0.717) is 13.1 Å². The molecule has 0 aromatic heterocycles. The lowest BCUT2D eigenvalue weighted by Gasteiger charge is -2.22. The third kappa shape index (κ3) is 6.40. The van der Waals surface area contributed by atoms with Crippen LogP contribution in [0.1, 0.15) is 67.2 Å². The molecule has 0 bridgehead atoms. The minimum Gasteiger partial charge on any atom is -0.356 e. The van der Waals surface area contributed by atoms with Crippen molar-refractivity contribution in [1.82, 2.24) is 10.6 Å². The molecule has 118 valence electrons. The predicted molar refractivity (Wildman–Crippen MR) is 83.4 cm³/mol. The molecule has 0 heterocycles. The summed E-state index contributed by atoms with van der Waals surface area (Å²) >= 11 is 0. The monoisotopic (exact) mass is 284 g/mol. The number of nitrogens with one attached hydrogen (secondary N) is 2. The standard InChI is InChI=1S/C16H32N2O2/c1-7-15(3,4)13(19)17-11-9-10-12-18-14(20)16(5,6)8-2/h7-12H2,1-6H3,(H,17,19)(H,18,20). The van der Waals surface area contributed by atoms with Crippen LogP contribution in [0.3, 0.4) is 0 Å². The van der Waals surface area contributed by atoms with Gasteiger partial charge in [0.1, 0.15) is 0 Å². The Morgan fingerprint density at radius 1 is 0.750 bits per heavy atom. The van der Waals surface area contributed by atoms with Crippen LogP contribution < -0.4 is 10.6 Å². The number of rotatable bonds is 9. The molecule has 0 atom stereocenters. The Labute approximate surface area is 124 Å². The van der Waals surface area contributed by atoms with Crippen LogP contribution in [0.5, 0.6) is 0 Å². The van der Waals surface area contributed by atoms with Gasteiger partial charge in [-0.15, -0.1) is 0 Å². The lowest BCUT2D eigenvalue weighted by atomic mass is 9.89. The Morgan fingerprint density at radius 3 is 1.30 bits per heavy atom. The van der Waals surface area contributed by atoms with Crippen LogP contribution in [0.4, 0.5) is 0 Å². The summed E-state index contributed by atoms with van der Waals surface area (Å²) in [5.74, 6) is 0.215. The Morgan fingerprint density at radius 2 is 1.05 bits per heavy atom. The first-order chi connectivity index (χ1) is 9.17. The van der Waals surface area contributed by atoms with Crippen LogP contribution >= 0.6 is 0 Å². The van der Waals surface area contributed by atoms with Crippen molar-refractivity contribution in [3.05, 3.63) is 0 Å². The second kappa shape index (κ2) is 8.28. The second-order valence-electron chi connectivity index (χ2n) is 6.69. The average molecular weight is 284 g/mol. The quantitative estimate of drug-likeness (QED) is 0.640. The third-order valence-corrected chi connectivity index (χ3v) is 4.17. The van der Waals surface area contributed by atoms with E-state index in [1.807, 2.05) is 41.5 Å². The maximum Gasteiger partial charge on any atom is 0.225 e. The Balaban J connectivity index is 3.75. The van der Waals surface area contributed by atoms with E-state index in [1.165, 1.54) is 0 Å². The highest BCUT2D eigenvalue weighted by atomic mass is 16.2. The zero-order valence-electron chi connectivity index (χ0n) is 14.1.